The van der Waals surface area contributed by atoms with E-state index in [4.69, 9.17) is 9.84 Å². The molecule has 2 aromatic rings. The van der Waals surface area contributed by atoms with Gasteiger partial charge in [0.1, 0.15) is 18.3 Å². The van der Waals surface area contributed by atoms with E-state index in [9.17, 15) is 19.8 Å². The fraction of sp³-hybridized carbons (Fsp3) is 0.600. The lowest BCUT2D eigenvalue weighted by atomic mass is 10.1. The summed E-state index contributed by atoms with van der Waals surface area (Å²) < 4.78 is 7.79. The summed E-state index contributed by atoms with van der Waals surface area (Å²) in [6, 6.07) is 0. The van der Waals surface area contributed by atoms with E-state index >= 15 is 0 Å². The van der Waals surface area contributed by atoms with Crippen LogP contribution in [0.2, 0.25) is 0 Å². The molecular weight excluding hydrogens is 346 g/mol. The van der Waals surface area contributed by atoms with Crippen molar-refractivity contribution in [3.8, 4) is 0 Å². The molecule has 11 nitrogen and oxygen atoms in total. The number of aliphatic hydroxyl groups is 3. The first-order valence-corrected chi connectivity index (χ1v) is 8.18. The fourth-order valence-corrected chi connectivity index (χ4v) is 2.77. The average Bonchev–Trinajstić information content (AvgIpc) is 3.17. The Bertz CT molecular complexity index is 887. The molecule has 0 spiro atoms. The van der Waals surface area contributed by atoms with Crippen molar-refractivity contribution in [2.24, 2.45) is 0 Å². The first kappa shape index (κ1) is 18.5. The van der Waals surface area contributed by atoms with Gasteiger partial charge in [-0.15, -0.1) is 5.10 Å². The predicted octanol–water partition coefficient (Wildman–Crippen LogP) is -2.09. The van der Waals surface area contributed by atoms with Gasteiger partial charge in [-0.3, -0.25) is 14.3 Å². The molecule has 0 radical (unpaired) electrons. The van der Waals surface area contributed by atoms with Gasteiger partial charge in [0.2, 0.25) is 0 Å². The molecule has 11 heteroatoms. The van der Waals surface area contributed by atoms with Crippen LogP contribution in [0.25, 0.3) is 0 Å². The largest absolute Gasteiger partial charge is 0.394 e. The topological polar surface area (TPSA) is 155 Å². The van der Waals surface area contributed by atoms with Crippen LogP contribution in [0.15, 0.2) is 22.0 Å². The molecule has 2 unspecified atom stereocenters. The van der Waals surface area contributed by atoms with Gasteiger partial charge >= 0.3 is 5.69 Å². The molecule has 1 aliphatic rings. The van der Waals surface area contributed by atoms with Crippen LogP contribution in [-0.4, -0.2) is 64.8 Å². The second-order valence-corrected chi connectivity index (χ2v) is 6.55. The number of aliphatic hydroxyl groups excluding tert-OH is 3. The van der Waals surface area contributed by atoms with Gasteiger partial charge in [0, 0.05) is 12.4 Å². The van der Waals surface area contributed by atoms with Gasteiger partial charge in [0.15, 0.2) is 6.23 Å². The van der Waals surface area contributed by atoms with Gasteiger partial charge in [0.25, 0.3) is 5.56 Å². The summed E-state index contributed by atoms with van der Waals surface area (Å²) in [5.41, 5.74) is -0.435. The molecule has 4 atom stereocenters. The first-order chi connectivity index (χ1) is 12.3. The monoisotopic (exact) mass is 367 g/mol. The Morgan fingerprint density at radius 3 is 2.58 bits per heavy atom. The van der Waals surface area contributed by atoms with Crippen molar-refractivity contribution in [2.45, 2.75) is 50.8 Å². The van der Waals surface area contributed by atoms with E-state index in [2.05, 4.69) is 15.3 Å². The van der Waals surface area contributed by atoms with Crippen molar-refractivity contribution < 1.29 is 20.1 Å². The molecule has 3 rings (SSSR count). The number of hydrogen-bond acceptors (Lipinski definition) is 8. The van der Waals surface area contributed by atoms with Crippen molar-refractivity contribution in [1.29, 1.82) is 0 Å². The quantitative estimate of drug-likeness (QED) is 0.469. The van der Waals surface area contributed by atoms with Gasteiger partial charge in [-0.2, -0.15) is 0 Å². The number of ether oxygens (including phenoxy) is 1. The van der Waals surface area contributed by atoms with Crippen LogP contribution in [0.3, 0.4) is 0 Å². The molecule has 0 aromatic carbocycles. The second kappa shape index (κ2) is 7.11. The maximum Gasteiger partial charge on any atom is 0.330 e. The van der Waals surface area contributed by atoms with Crippen LogP contribution < -0.4 is 11.2 Å². The number of nitrogens with one attached hydrogen (secondary N) is 1. The number of nitrogens with zero attached hydrogens (tertiary/aromatic N) is 4. The van der Waals surface area contributed by atoms with Gasteiger partial charge in [-0.05, 0) is 5.92 Å². The molecule has 0 bridgehead atoms. The van der Waals surface area contributed by atoms with Crippen LogP contribution in [0, 0.1) is 0 Å². The normalized spacial score (nSPS) is 25.9. The number of aromatic nitrogens is 5. The number of H-pyrrole nitrogens is 1. The molecular formula is C15H21N5O6. The Balaban J connectivity index is 1.92. The molecule has 142 valence electrons. The van der Waals surface area contributed by atoms with Crippen molar-refractivity contribution >= 4 is 0 Å². The summed E-state index contributed by atoms with van der Waals surface area (Å²) in [4.78, 5) is 26.4. The number of aromatic amines is 1. The van der Waals surface area contributed by atoms with Crippen LogP contribution in [0.4, 0.5) is 0 Å². The minimum atomic E-state index is -1.43. The van der Waals surface area contributed by atoms with E-state index in [0.29, 0.717) is 0 Å². The molecule has 0 aliphatic carbocycles. The summed E-state index contributed by atoms with van der Waals surface area (Å²) in [6.45, 7) is 3.47. The Morgan fingerprint density at radius 2 is 2.00 bits per heavy atom. The Hall–Kier alpha value is -2.34. The molecule has 1 aliphatic heterocycles. The Kier molecular flexibility index (Phi) is 5.05. The van der Waals surface area contributed by atoms with E-state index in [1.54, 1.807) is 6.20 Å². The highest BCUT2D eigenvalue weighted by Crippen LogP contribution is 2.28. The summed E-state index contributed by atoms with van der Waals surface area (Å²) >= 11 is 0. The minimum absolute atomic E-state index is 0.0597. The zero-order valence-electron chi connectivity index (χ0n) is 14.3. The predicted molar refractivity (Wildman–Crippen MR) is 87.5 cm³/mol. The van der Waals surface area contributed by atoms with Crippen molar-refractivity contribution in [3.63, 3.8) is 0 Å². The molecule has 1 fully saturated rings. The summed E-state index contributed by atoms with van der Waals surface area (Å²) in [7, 11) is 0. The number of hydrogen-bond donors (Lipinski definition) is 4. The highest BCUT2D eigenvalue weighted by Gasteiger charge is 2.43. The third kappa shape index (κ3) is 3.33. The first-order valence-electron chi connectivity index (χ1n) is 8.18. The highest BCUT2D eigenvalue weighted by atomic mass is 16.6. The lowest BCUT2D eigenvalue weighted by Gasteiger charge is -2.18. The zero-order valence-corrected chi connectivity index (χ0v) is 14.3. The van der Waals surface area contributed by atoms with E-state index in [1.165, 1.54) is 10.9 Å². The van der Waals surface area contributed by atoms with E-state index in [-0.39, 0.29) is 18.0 Å². The third-order valence-corrected chi connectivity index (χ3v) is 4.31. The van der Waals surface area contributed by atoms with Crippen LogP contribution in [0.1, 0.15) is 37.3 Å². The molecule has 3 heterocycles. The van der Waals surface area contributed by atoms with Crippen LogP contribution in [0.5, 0.6) is 0 Å². The molecule has 0 amide bonds. The van der Waals surface area contributed by atoms with E-state index < -0.39 is 42.4 Å². The summed E-state index contributed by atoms with van der Waals surface area (Å²) in [6.07, 6.45) is -2.09. The maximum atomic E-state index is 12.1. The minimum Gasteiger partial charge on any atom is -0.394 e. The summed E-state index contributed by atoms with van der Waals surface area (Å²) in [5.74, 6) is 0.176. The third-order valence-electron chi connectivity index (χ3n) is 4.31. The molecule has 1 saturated heterocycles. The van der Waals surface area contributed by atoms with Crippen LogP contribution >= 0.6 is 0 Å². The Morgan fingerprint density at radius 1 is 1.27 bits per heavy atom. The van der Waals surface area contributed by atoms with Gasteiger partial charge in [0.05, 0.1) is 24.4 Å². The summed E-state index contributed by atoms with van der Waals surface area (Å²) in [5, 5.41) is 37.1. The van der Waals surface area contributed by atoms with Gasteiger partial charge < -0.3 is 20.1 Å². The smallest absolute Gasteiger partial charge is 0.330 e. The molecule has 4 N–H and O–H groups in total. The molecule has 26 heavy (non-hydrogen) atoms. The lowest BCUT2D eigenvalue weighted by molar-refractivity contribution is -0.0551. The maximum absolute atomic E-state index is 12.1. The SMILES string of the molecule is CC(C)c1cn(Cc2cn([C@@H]3O[C@H](CO)C(O)C3O)c(=O)[nH]c2=O)nn1. The molecule has 2 aromatic heterocycles. The second-order valence-electron chi connectivity index (χ2n) is 6.55. The van der Waals surface area contributed by atoms with E-state index in [0.717, 1.165) is 10.3 Å². The number of rotatable bonds is 5. The lowest BCUT2D eigenvalue weighted by Crippen LogP contribution is -2.39. The highest BCUT2D eigenvalue weighted by molar-refractivity contribution is 5.08. The van der Waals surface area contributed by atoms with Gasteiger partial charge in [-0.1, -0.05) is 19.1 Å². The van der Waals surface area contributed by atoms with Gasteiger partial charge in [-0.25, -0.2) is 9.48 Å². The Labute approximate surface area is 147 Å². The molecule has 0 saturated carbocycles. The van der Waals surface area contributed by atoms with Crippen molar-refractivity contribution in [2.75, 3.05) is 6.61 Å². The average molecular weight is 367 g/mol. The van der Waals surface area contributed by atoms with E-state index in [1.807, 2.05) is 13.8 Å². The standard InChI is InChI=1S/C15H21N5O6/c1-7(2)9-5-19(18-17-9)3-8-4-20(15(25)16-13(8)24)14-12(23)11(22)10(6-21)26-14/h4-5,7,10-12,14,21-23H,3,6H2,1-2H3,(H,16,24,25)/t10-,11?,12?,14-/m1/s1. The van der Waals surface area contributed by atoms with Crippen LogP contribution in [-0.2, 0) is 11.3 Å². The van der Waals surface area contributed by atoms with Crippen molar-refractivity contribution in [1.82, 2.24) is 24.5 Å². The van der Waals surface area contributed by atoms with Crippen molar-refractivity contribution in [3.05, 3.63) is 44.5 Å². The zero-order chi connectivity index (χ0) is 19.0. The fourth-order valence-electron chi connectivity index (χ4n) is 2.77.